The van der Waals surface area contributed by atoms with Crippen molar-refractivity contribution in [3.05, 3.63) is 95.4 Å². The van der Waals surface area contributed by atoms with Crippen LogP contribution in [0, 0.1) is 18.4 Å². The lowest BCUT2D eigenvalue weighted by Gasteiger charge is -2.39. The van der Waals surface area contributed by atoms with E-state index in [2.05, 4.69) is 36.7 Å². The molecule has 2 amide bonds. The third-order valence-corrected chi connectivity index (χ3v) is 8.03. The first-order valence-corrected chi connectivity index (χ1v) is 14.4. The topological polar surface area (TPSA) is 84.1 Å². The largest absolute Gasteiger partial charge is 0.378 e. The van der Waals surface area contributed by atoms with Crippen molar-refractivity contribution >= 4 is 17.5 Å². The standard InChI is InChI=1S/C32H38N6O3/c1-33-29-9-7-26(8-10-29)21-38-24-34-20-30(38)11-13-35-31(39)27-19-28(32(40)37-15-17-41-18-16-37)23-36(22-27)14-12-25-5-3-2-4-6-25/h2-10,20,24,27-28H,11-19,21-23H2,(H,35,39)/t27-,28+/m1/s1. The molecule has 2 fully saturated rings. The van der Waals surface area contributed by atoms with Crippen LogP contribution < -0.4 is 5.32 Å². The molecule has 5 rings (SSSR count). The number of imidazole rings is 1. The van der Waals surface area contributed by atoms with Crippen LogP contribution in [0.2, 0.25) is 0 Å². The van der Waals surface area contributed by atoms with Crippen LogP contribution in [0.5, 0.6) is 0 Å². The Labute approximate surface area is 241 Å². The van der Waals surface area contributed by atoms with Crippen LogP contribution in [0.4, 0.5) is 5.69 Å². The molecular formula is C32H38N6O3. The Bertz CT molecular complexity index is 1330. The molecule has 0 aliphatic carbocycles. The number of morpholine rings is 1. The van der Waals surface area contributed by atoms with Gasteiger partial charge in [-0.3, -0.25) is 9.59 Å². The quantitative estimate of drug-likeness (QED) is 0.389. The predicted molar refractivity (Wildman–Crippen MR) is 156 cm³/mol. The lowest BCUT2D eigenvalue weighted by atomic mass is 9.87. The number of nitrogens with one attached hydrogen (secondary N) is 1. The predicted octanol–water partition coefficient (Wildman–Crippen LogP) is 3.18. The zero-order valence-corrected chi connectivity index (χ0v) is 23.5. The van der Waals surface area contributed by atoms with Crippen LogP contribution in [0.25, 0.3) is 4.85 Å². The van der Waals surface area contributed by atoms with Gasteiger partial charge in [0.2, 0.25) is 11.8 Å². The SMILES string of the molecule is [C-]#[N+]c1ccc(Cn2cncc2CCNC(=O)[C@@H]2C[C@H](C(=O)N3CCOCC3)CN(CCc3ccccc3)C2)cc1. The van der Waals surface area contributed by atoms with E-state index in [4.69, 9.17) is 11.3 Å². The molecule has 41 heavy (non-hydrogen) atoms. The summed E-state index contributed by atoms with van der Waals surface area (Å²) in [4.78, 5) is 38.8. The molecule has 2 aliphatic rings. The summed E-state index contributed by atoms with van der Waals surface area (Å²) in [5.41, 5.74) is 4.01. The zero-order valence-electron chi connectivity index (χ0n) is 23.5. The van der Waals surface area contributed by atoms with E-state index in [1.54, 1.807) is 6.33 Å². The zero-order chi connectivity index (χ0) is 28.4. The van der Waals surface area contributed by atoms with Gasteiger partial charge < -0.3 is 24.4 Å². The highest BCUT2D eigenvalue weighted by atomic mass is 16.5. The third kappa shape index (κ3) is 7.81. The first-order valence-electron chi connectivity index (χ1n) is 14.4. The van der Waals surface area contributed by atoms with Crippen LogP contribution >= 0.6 is 0 Å². The minimum atomic E-state index is -0.236. The number of ether oxygens (including phenoxy) is 1. The number of hydrogen-bond acceptors (Lipinski definition) is 5. The molecule has 3 aromatic rings. The molecule has 9 nitrogen and oxygen atoms in total. The second-order valence-electron chi connectivity index (χ2n) is 10.9. The summed E-state index contributed by atoms with van der Waals surface area (Å²) < 4.78 is 7.52. The summed E-state index contributed by atoms with van der Waals surface area (Å²) >= 11 is 0. The molecule has 9 heteroatoms. The number of piperidine rings is 1. The fourth-order valence-corrected chi connectivity index (χ4v) is 5.75. The number of carbonyl (C=O) groups is 2. The maximum atomic E-state index is 13.4. The lowest BCUT2D eigenvalue weighted by Crippen LogP contribution is -2.53. The van der Waals surface area contributed by atoms with E-state index < -0.39 is 0 Å². The van der Waals surface area contributed by atoms with Gasteiger partial charge in [0.15, 0.2) is 5.69 Å². The Hall–Kier alpha value is -4.00. The maximum Gasteiger partial charge on any atom is 0.227 e. The Kier molecular flexibility index (Phi) is 9.78. The van der Waals surface area contributed by atoms with Crippen molar-refractivity contribution in [2.45, 2.75) is 25.8 Å². The molecule has 214 valence electrons. The molecule has 0 bridgehead atoms. The van der Waals surface area contributed by atoms with Crippen molar-refractivity contribution in [1.29, 1.82) is 0 Å². The Morgan fingerprint density at radius 1 is 0.976 bits per heavy atom. The highest BCUT2D eigenvalue weighted by Gasteiger charge is 2.37. The third-order valence-electron chi connectivity index (χ3n) is 8.03. The van der Waals surface area contributed by atoms with Crippen molar-refractivity contribution in [2.75, 3.05) is 52.5 Å². The number of aromatic nitrogens is 2. The van der Waals surface area contributed by atoms with Crippen molar-refractivity contribution in [2.24, 2.45) is 11.8 Å². The monoisotopic (exact) mass is 554 g/mol. The van der Waals surface area contributed by atoms with E-state index in [-0.39, 0.29) is 23.7 Å². The number of nitrogens with zero attached hydrogens (tertiary/aromatic N) is 5. The number of carbonyl (C=O) groups excluding carboxylic acids is 2. The fraction of sp³-hybridized carbons (Fsp3) is 0.438. The average molecular weight is 555 g/mol. The van der Waals surface area contributed by atoms with E-state index in [1.165, 1.54) is 5.56 Å². The number of benzene rings is 2. The average Bonchev–Trinajstić information content (AvgIpc) is 3.47. The first-order chi connectivity index (χ1) is 20.1. The summed E-state index contributed by atoms with van der Waals surface area (Å²) in [5, 5.41) is 3.15. The van der Waals surface area contributed by atoms with E-state index in [0.29, 0.717) is 71.0 Å². The molecular weight excluding hydrogens is 516 g/mol. The minimum Gasteiger partial charge on any atom is -0.378 e. The highest BCUT2D eigenvalue weighted by molar-refractivity contribution is 5.83. The van der Waals surface area contributed by atoms with Crippen molar-refractivity contribution < 1.29 is 14.3 Å². The second kappa shape index (κ2) is 14.1. The van der Waals surface area contributed by atoms with Crippen LogP contribution in [0.1, 0.15) is 23.2 Å². The van der Waals surface area contributed by atoms with Crippen molar-refractivity contribution in [3.63, 3.8) is 0 Å². The first kappa shape index (κ1) is 28.5. The molecule has 3 heterocycles. The number of likely N-dealkylation sites (tertiary alicyclic amines) is 1. The van der Waals surface area contributed by atoms with Gasteiger partial charge in [-0.2, -0.15) is 0 Å². The van der Waals surface area contributed by atoms with Crippen LogP contribution in [-0.4, -0.2) is 83.6 Å². The van der Waals surface area contributed by atoms with Gasteiger partial charge in [-0.1, -0.05) is 54.6 Å². The Balaban J connectivity index is 1.18. The number of hydrogen-bond donors (Lipinski definition) is 1. The molecule has 2 aliphatic heterocycles. The smallest absolute Gasteiger partial charge is 0.227 e. The second-order valence-corrected chi connectivity index (χ2v) is 10.9. The molecule has 0 spiro atoms. The Morgan fingerprint density at radius 3 is 2.49 bits per heavy atom. The van der Waals surface area contributed by atoms with E-state index in [1.807, 2.05) is 53.6 Å². The van der Waals surface area contributed by atoms with Gasteiger partial charge in [-0.15, -0.1) is 0 Å². The van der Waals surface area contributed by atoms with Gasteiger partial charge in [-0.05, 0) is 24.0 Å². The summed E-state index contributed by atoms with van der Waals surface area (Å²) in [7, 11) is 0. The molecule has 2 saturated heterocycles. The Morgan fingerprint density at radius 2 is 1.73 bits per heavy atom. The summed E-state index contributed by atoms with van der Waals surface area (Å²) in [6, 6.07) is 17.9. The highest BCUT2D eigenvalue weighted by Crippen LogP contribution is 2.25. The van der Waals surface area contributed by atoms with E-state index in [9.17, 15) is 9.59 Å². The molecule has 2 aromatic carbocycles. The molecule has 0 saturated carbocycles. The van der Waals surface area contributed by atoms with Gasteiger partial charge in [-0.25, -0.2) is 9.83 Å². The van der Waals surface area contributed by atoms with Crippen molar-refractivity contribution in [3.8, 4) is 0 Å². The van der Waals surface area contributed by atoms with Gasteiger partial charge in [0.1, 0.15) is 0 Å². The fourth-order valence-electron chi connectivity index (χ4n) is 5.75. The van der Waals surface area contributed by atoms with E-state index >= 15 is 0 Å². The summed E-state index contributed by atoms with van der Waals surface area (Å²) in [6.45, 7) is 12.8. The molecule has 2 atom stereocenters. The van der Waals surface area contributed by atoms with Gasteiger partial charge in [0, 0.05) is 64.1 Å². The minimum absolute atomic E-state index is 0.00925. The normalized spacial score (nSPS) is 19.4. The van der Waals surface area contributed by atoms with Crippen LogP contribution in [0.15, 0.2) is 67.1 Å². The maximum absolute atomic E-state index is 13.4. The van der Waals surface area contributed by atoms with Crippen LogP contribution in [-0.2, 0) is 33.7 Å². The molecule has 1 N–H and O–H groups in total. The molecule has 0 radical (unpaired) electrons. The van der Waals surface area contributed by atoms with Gasteiger partial charge >= 0.3 is 0 Å². The molecule has 1 aromatic heterocycles. The van der Waals surface area contributed by atoms with Crippen molar-refractivity contribution in [1.82, 2.24) is 24.7 Å². The molecule has 0 unspecified atom stereocenters. The number of amides is 2. The van der Waals surface area contributed by atoms with Gasteiger partial charge in [0.25, 0.3) is 0 Å². The van der Waals surface area contributed by atoms with Crippen LogP contribution in [0.3, 0.4) is 0 Å². The summed E-state index contributed by atoms with van der Waals surface area (Å²) in [5.74, 6) is -0.275. The lowest BCUT2D eigenvalue weighted by molar-refractivity contribution is -0.143. The number of rotatable bonds is 10. The summed E-state index contributed by atoms with van der Waals surface area (Å²) in [6.07, 6.45) is 5.75. The van der Waals surface area contributed by atoms with E-state index in [0.717, 1.165) is 24.2 Å². The van der Waals surface area contributed by atoms with Gasteiger partial charge in [0.05, 0.1) is 37.9 Å².